The van der Waals surface area contributed by atoms with Crippen LogP contribution < -0.4 is 5.32 Å². The number of carboxylic acid groups (broad SMARTS) is 1. The van der Waals surface area contributed by atoms with Crippen LogP contribution in [-0.2, 0) is 32.1 Å². The molecule has 0 aromatic carbocycles. The molecular weight excluding hydrogens is 513 g/mol. The van der Waals surface area contributed by atoms with E-state index in [1.807, 2.05) is 6.92 Å². The van der Waals surface area contributed by atoms with Crippen molar-refractivity contribution >= 4 is 80.1 Å². The lowest BCUT2D eigenvalue weighted by Crippen LogP contribution is -2.71. The highest BCUT2D eigenvalue weighted by Crippen LogP contribution is 2.41. The Bertz CT molecular complexity index is 1150. The summed E-state index contributed by atoms with van der Waals surface area (Å²) < 4.78 is 12.2. The number of aryl methyl sites for hydroxylation is 1. The Balaban J connectivity index is 1.47. The number of carboxylic acids is 1. The van der Waals surface area contributed by atoms with E-state index in [1.165, 1.54) is 51.1 Å². The molecule has 2 N–H and O–H groups in total. The lowest BCUT2D eigenvalue weighted by atomic mass is 10.0. The van der Waals surface area contributed by atoms with Gasteiger partial charge in [0, 0.05) is 11.5 Å². The van der Waals surface area contributed by atoms with Crippen molar-refractivity contribution in [3.63, 3.8) is 0 Å². The first-order chi connectivity index (χ1) is 15.4. The van der Waals surface area contributed by atoms with Crippen LogP contribution in [-0.4, -0.2) is 70.0 Å². The summed E-state index contributed by atoms with van der Waals surface area (Å²) in [6, 6.07) is 2.50. The van der Waals surface area contributed by atoms with Crippen LogP contribution in [0.25, 0.3) is 0 Å². The highest BCUT2D eigenvalue weighted by Gasteiger charge is 2.54. The van der Waals surface area contributed by atoms with E-state index in [4.69, 9.17) is 0 Å². The molecule has 4 heterocycles. The SMILES string of the molecule is CCc1nnc(SCC2=C(C(=O)O)N3C(=O)C(NC(=O)C(=S=O)c4cccs4)[C@H]3SC2)s1. The molecule has 0 bridgehead atoms. The number of β-lactam (4-membered cyclic amide) rings is 1. The Morgan fingerprint density at radius 2 is 2.19 bits per heavy atom. The van der Waals surface area contributed by atoms with Crippen LogP contribution in [0, 0.1) is 0 Å². The van der Waals surface area contributed by atoms with Crippen molar-refractivity contribution < 1.29 is 23.7 Å². The van der Waals surface area contributed by atoms with E-state index in [0.29, 0.717) is 22.0 Å². The molecular formula is C18H16N4O5S5. The fraction of sp³-hybridized carbons (Fsp3) is 0.333. The van der Waals surface area contributed by atoms with E-state index in [9.17, 15) is 23.7 Å². The standard InChI is InChI=1S/C18H16N4O5S5/c1-2-10-20-21-18(31-10)30-7-8-6-29-16-11(15(24)22(16)12(8)17(25)26)19-14(23)13(32-27)9-4-3-5-28-9/h3-5,11,16H,2,6-7H2,1H3,(H,19,23)(H,25,26)/t11?,16-/m1/s1. The van der Waals surface area contributed by atoms with Gasteiger partial charge in [-0.05, 0) is 23.4 Å². The van der Waals surface area contributed by atoms with Gasteiger partial charge in [-0.2, -0.15) is 0 Å². The number of aromatic nitrogens is 2. The smallest absolute Gasteiger partial charge is 0.352 e. The van der Waals surface area contributed by atoms with Gasteiger partial charge in [-0.15, -0.1) is 33.3 Å². The van der Waals surface area contributed by atoms with Gasteiger partial charge in [-0.3, -0.25) is 14.5 Å². The van der Waals surface area contributed by atoms with E-state index in [0.717, 1.165) is 15.8 Å². The number of carbonyl (C=O) groups excluding carboxylic acids is 2. The quantitative estimate of drug-likeness (QED) is 0.226. The normalized spacial score (nSPS) is 19.9. The molecule has 32 heavy (non-hydrogen) atoms. The molecule has 9 nitrogen and oxygen atoms in total. The van der Waals surface area contributed by atoms with Gasteiger partial charge in [-0.25, -0.2) is 9.00 Å². The van der Waals surface area contributed by atoms with Crippen molar-refractivity contribution in [1.29, 1.82) is 0 Å². The maximum atomic E-state index is 12.8. The second-order valence-electron chi connectivity index (χ2n) is 6.61. The van der Waals surface area contributed by atoms with Crippen LogP contribution >= 0.6 is 46.2 Å². The number of hydrogen-bond acceptors (Lipinski definition) is 10. The van der Waals surface area contributed by atoms with Crippen molar-refractivity contribution in [2.24, 2.45) is 0 Å². The van der Waals surface area contributed by atoms with E-state index in [2.05, 4.69) is 15.5 Å². The van der Waals surface area contributed by atoms with Gasteiger partial charge < -0.3 is 10.4 Å². The molecule has 1 fully saturated rings. The summed E-state index contributed by atoms with van der Waals surface area (Å²) in [4.78, 5) is 39.1. The number of aliphatic carboxylic acids is 1. The van der Waals surface area contributed by atoms with E-state index < -0.39 is 29.2 Å². The number of thiophene rings is 1. The van der Waals surface area contributed by atoms with Gasteiger partial charge in [0.05, 0.1) is 4.88 Å². The second-order valence-corrected chi connectivity index (χ2v) is 11.5. The van der Waals surface area contributed by atoms with Crippen molar-refractivity contribution in [3.8, 4) is 0 Å². The van der Waals surface area contributed by atoms with Crippen molar-refractivity contribution in [2.75, 3.05) is 11.5 Å². The van der Waals surface area contributed by atoms with Crippen LogP contribution in [0.3, 0.4) is 0 Å². The maximum absolute atomic E-state index is 12.8. The van der Waals surface area contributed by atoms with Gasteiger partial charge in [-0.1, -0.05) is 36.1 Å². The molecule has 2 atom stereocenters. The molecule has 1 unspecified atom stereocenters. The topological polar surface area (TPSA) is 130 Å². The molecule has 0 spiro atoms. The maximum Gasteiger partial charge on any atom is 0.352 e. The molecule has 1 saturated heterocycles. The van der Waals surface area contributed by atoms with Crippen LogP contribution in [0.2, 0.25) is 0 Å². The molecule has 2 amide bonds. The van der Waals surface area contributed by atoms with E-state index in [-0.39, 0.29) is 21.8 Å². The van der Waals surface area contributed by atoms with E-state index in [1.54, 1.807) is 17.5 Å². The molecule has 2 aromatic rings. The fourth-order valence-corrected chi connectivity index (χ4v) is 7.70. The number of carbonyl (C=O) groups is 3. The number of nitrogens with one attached hydrogen (secondary N) is 1. The number of hydrogen-bond donors (Lipinski definition) is 2. The van der Waals surface area contributed by atoms with Gasteiger partial charge in [0.15, 0.2) is 4.34 Å². The molecule has 2 aliphatic rings. The van der Waals surface area contributed by atoms with Crippen LogP contribution in [0.5, 0.6) is 0 Å². The summed E-state index contributed by atoms with van der Waals surface area (Å²) in [6.45, 7) is 1.99. The van der Waals surface area contributed by atoms with Gasteiger partial charge in [0.1, 0.15) is 38.2 Å². The third-order valence-corrected chi connectivity index (χ3v) is 9.91. The zero-order valence-electron chi connectivity index (χ0n) is 16.5. The van der Waals surface area contributed by atoms with Crippen LogP contribution in [0.15, 0.2) is 33.1 Å². The molecule has 0 aliphatic carbocycles. The zero-order valence-corrected chi connectivity index (χ0v) is 20.6. The fourth-order valence-electron chi connectivity index (χ4n) is 3.19. The van der Waals surface area contributed by atoms with Crippen molar-refractivity contribution in [3.05, 3.63) is 38.7 Å². The largest absolute Gasteiger partial charge is 0.477 e. The Labute approximate surface area is 202 Å². The molecule has 168 valence electrons. The third-order valence-electron chi connectivity index (χ3n) is 4.69. The van der Waals surface area contributed by atoms with E-state index >= 15 is 0 Å². The molecule has 2 aromatic heterocycles. The predicted molar refractivity (Wildman–Crippen MR) is 126 cm³/mol. The minimum Gasteiger partial charge on any atom is -0.477 e. The number of rotatable bonds is 8. The number of fused-ring (bicyclic) bond motifs is 1. The third kappa shape index (κ3) is 4.41. The average Bonchev–Trinajstić information content (AvgIpc) is 3.48. The summed E-state index contributed by atoms with van der Waals surface area (Å²) in [5, 5.41) is 22.7. The summed E-state index contributed by atoms with van der Waals surface area (Å²) in [6.07, 6.45) is 0.782. The Kier molecular flexibility index (Phi) is 7.14. The Morgan fingerprint density at radius 1 is 1.38 bits per heavy atom. The minimum absolute atomic E-state index is 0.0124. The predicted octanol–water partition coefficient (Wildman–Crippen LogP) is 1.43. The van der Waals surface area contributed by atoms with Crippen molar-refractivity contribution in [2.45, 2.75) is 29.1 Å². The summed E-state index contributed by atoms with van der Waals surface area (Å²) in [5.41, 5.74) is 0.578. The highest BCUT2D eigenvalue weighted by atomic mass is 32.2. The first kappa shape index (κ1) is 23.2. The lowest BCUT2D eigenvalue weighted by Gasteiger charge is -2.49. The Hall–Kier alpha value is -2.00. The van der Waals surface area contributed by atoms with Crippen LogP contribution in [0.4, 0.5) is 0 Å². The minimum atomic E-state index is -1.18. The summed E-state index contributed by atoms with van der Waals surface area (Å²) >= 11 is 5.58. The molecule has 14 heteroatoms. The van der Waals surface area contributed by atoms with Gasteiger partial charge >= 0.3 is 5.97 Å². The van der Waals surface area contributed by atoms with Crippen LogP contribution in [0.1, 0.15) is 16.8 Å². The Morgan fingerprint density at radius 3 is 2.81 bits per heavy atom. The summed E-state index contributed by atoms with van der Waals surface area (Å²) in [7, 11) is 0. The molecule has 0 radical (unpaired) electrons. The monoisotopic (exact) mass is 528 g/mol. The molecule has 2 aliphatic heterocycles. The number of amides is 2. The molecule has 0 saturated carbocycles. The number of nitrogens with zero attached hydrogens (tertiary/aromatic N) is 3. The summed E-state index contributed by atoms with van der Waals surface area (Å²) in [5.74, 6) is -1.52. The highest BCUT2D eigenvalue weighted by molar-refractivity contribution is 8.01. The molecule has 4 rings (SSSR count). The first-order valence-corrected chi connectivity index (χ1v) is 13.8. The second kappa shape index (κ2) is 9.87. The lowest BCUT2D eigenvalue weighted by molar-refractivity contribution is -0.150. The average molecular weight is 529 g/mol. The zero-order chi connectivity index (χ0) is 22.8. The first-order valence-electron chi connectivity index (χ1n) is 9.31. The number of thioether (sulfide) groups is 2. The van der Waals surface area contributed by atoms with Gasteiger partial charge in [0.2, 0.25) is 0 Å². The van der Waals surface area contributed by atoms with Crippen molar-refractivity contribution in [1.82, 2.24) is 20.4 Å². The van der Waals surface area contributed by atoms with Gasteiger partial charge in [0.25, 0.3) is 11.8 Å².